The van der Waals surface area contributed by atoms with Crippen LogP contribution in [0.5, 0.6) is 0 Å². The first-order valence-electron chi connectivity index (χ1n) is 7.10. The minimum Gasteiger partial charge on any atom is -0.465 e. The number of rotatable bonds is 3. The lowest BCUT2D eigenvalue weighted by Crippen LogP contribution is -2.41. The van der Waals surface area contributed by atoms with Crippen molar-refractivity contribution in [2.45, 2.75) is 45.4 Å². The molecular weight excluding hydrogens is 288 g/mol. The van der Waals surface area contributed by atoms with Crippen LogP contribution in [0.25, 0.3) is 0 Å². The molecule has 0 spiro atoms. The molecule has 0 bridgehead atoms. The minimum absolute atomic E-state index is 0.109. The number of methoxy groups -OCH3 is 1. The third kappa shape index (κ3) is 2.64. The number of ether oxygens (including phenoxy) is 1. The van der Waals surface area contributed by atoms with Crippen LogP contribution in [0, 0.1) is 5.82 Å². The summed E-state index contributed by atoms with van der Waals surface area (Å²) in [4.78, 5) is 11.7. The van der Waals surface area contributed by atoms with Crippen LogP contribution in [0.2, 0.25) is 0 Å². The Morgan fingerprint density at radius 2 is 1.82 bits per heavy atom. The van der Waals surface area contributed by atoms with E-state index in [0.717, 1.165) is 0 Å². The number of carbonyl (C=O) groups excluding carboxylic acids is 1. The van der Waals surface area contributed by atoms with Crippen LogP contribution in [0.4, 0.5) is 4.39 Å². The van der Waals surface area contributed by atoms with Crippen LogP contribution in [-0.4, -0.2) is 31.4 Å². The van der Waals surface area contributed by atoms with Crippen molar-refractivity contribution in [2.75, 3.05) is 7.11 Å². The summed E-state index contributed by atoms with van der Waals surface area (Å²) in [7, 11) is 0.278. The SMILES string of the molecule is COC(=O)c1ccc(CN)c(B2OC(C)(C)C(C)(C)O2)c1F. The van der Waals surface area contributed by atoms with Gasteiger partial charge in [0.15, 0.2) is 0 Å². The minimum atomic E-state index is -0.923. The second-order valence-electron chi connectivity index (χ2n) is 6.28. The first kappa shape index (κ1) is 16.9. The Balaban J connectivity index is 2.53. The van der Waals surface area contributed by atoms with Gasteiger partial charge in [0.25, 0.3) is 0 Å². The first-order chi connectivity index (χ1) is 10.1. The van der Waals surface area contributed by atoms with E-state index in [2.05, 4.69) is 4.74 Å². The van der Waals surface area contributed by atoms with E-state index in [4.69, 9.17) is 15.0 Å². The van der Waals surface area contributed by atoms with E-state index in [-0.39, 0.29) is 17.6 Å². The van der Waals surface area contributed by atoms with Crippen LogP contribution in [0.3, 0.4) is 0 Å². The van der Waals surface area contributed by atoms with Gasteiger partial charge in [0.2, 0.25) is 0 Å². The standard InChI is InChI=1S/C15H21BFNO4/c1-14(2)15(3,4)22-16(21-14)11-9(8-18)6-7-10(12(11)17)13(19)20-5/h6-7H,8,18H2,1-5H3. The molecule has 5 nitrogen and oxygen atoms in total. The normalized spacial score (nSPS) is 19.3. The van der Waals surface area contributed by atoms with E-state index in [1.807, 2.05) is 27.7 Å². The number of hydrogen-bond donors (Lipinski definition) is 1. The van der Waals surface area contributed by atoms with Crippen molar-refractivity contribution in [2.24, 2.45) is 5.73 Å². The van der Waals surface area contributed by atoms with Gasteiger partial charge in [-0.05, 0) is 39.3 Å². The molecule has 7 heteroatoms. The van der Waals surface area contributed by atoms with Crippen molar-refractivity contribution in [3.05, 3.63) is 29.1 Å². The van der Waals surface area contributed by atoms with Crippen LogP contribution >= 0.6 is 0 Å². The number of halogens is 1. The predicted octanol–water partition coefficient (Wildman–Crippen LogP) is 1.37. The van der Waals surface area contributed by atoms with E-state index < -0.39 is 30.1 Å². The molecule has 1 heterocycles. The maximum absolute atomic E-state index is 14.8. The maximum Gasteiger partial charge on any atom is 0.498 e. The van der Waals surface area contributed by atoms with Crippen molar-refractivity contribution in [1.82, 2.24) is 0 Å². The molecule has 2 rings (SSSR count). The zero-order chi connectivity index (χ0) is 16.7. The average Bonchev–Trinajstić information content (AvgIpc) is 2.65. The van der Waals surface area contributed by atoms with E-state index in [1.54, 1.807) is 6.07 Å². The Morgan fingerprint density at radius 3 is 2.27 bits per heavy atom. The van der Waals surface area contributed by atoms with Crippen molar-refractivity contribution in [3.63, 3.8) is 0 Å². The number of nitrogens with two attached hydrogens (primary N) is 1. The molecule has 0 saturated carbocycles. The molecule has 0 unspecified atom stereocenters. The third-order valence-corrected chi connectivity index (χ3v) is 4.38. The van der Waals surface area contributed by atoms with Gasteiger partial charge in [-0.25, -0.2) is 9.18 Å². The first-order valence-corrected chi connectivity index (χ1v) is 7.10. The Kier molecular flexibility index (Phi) is 4.34. The zero-order valence-electron chi connectivity index (χ0n) is 13.5. The largest absolute Gasteiger partial charge is 0.498 e. The van der Waals surface area contributed by atoms with E-state index in [1.165, 1.54) is 13.2 Å². The van der Waals surface area contributed by atoms with Gasteiger partial charge in [-0.1, -0.05) is 6.07 Å². The monoisotopic (exact) mass is 309 g/mol. The highest BCUT2D eigenvalue weighted by Gasteiger charge is 2.53. The molecule has 0 radical (unpaired) electrons. The summed E-state index contributed by atoms with van der Waals surface area (Å²) in [5.41, 5.74) is 4.98. The molecule has 1 saturated heterocycles. The van der Waals surface area contributed by atoms with Crippen molar-refractivity contribution < 1.29 is 23.2 Å². The molecule has 0 amide bonds. The molecule has 1 fully saturated rings. The Labute approximate surface area is 130 Å². The summed E-state index contributed by atoms with van der Waals surface area (Å²) in [6, 6.07) is 2.95. The van der Waals surface area contributed by atoms with Gasteiger partial charge in [-0.2, -0.15) is 0 Å². The highest BCUT2D eigenvalue weighted by Crippen LogP contribution is 2.37. The third-order valence-electron chi connectivity index (χ3n) is 4.38. The summed E-state index contributed by atoms with van der Waals surface area (Å²) in [5.74, 6) is -1.47. The van der Waals surface area contributed by atoms with Gasteiger partial charge < -0.3 is 19.8 Å². The van der Waals surface area contributed by atoms with E-state index in [9.17, 15) is 9.18 Å². The number of hydrogen-bond acceptors (Lipinski definition) is 5. The fourth-order valence-corrected chi connectivity index (χ4v) is 2.29. The van der Waals surface area contributed by atoms with Crippen molar-refractivity contribution in [1.29, 1.82) is 0 Å². The molecule has 120 valence electrons. The Hall–Kier alpha value is -1.44. The van der Waals surface area contributed by atoms with Crippen LogP contribution < -0.4 is 11.2 Å². The molecule has 0 aliphatic carbocycles. The second-order valence-corrected chi connectivity index (χ2v) is 6.28. The molecule has 0 atom stereocenters. The fourth-order valence-electron chi connectivity index (χ4n) is 2.29. The van der Waals surface area contributed by atoms with E-state index >= 15 is 0 Å². The molecule has 22 heavy (non-hydrogen) atoms. The van der Waals surface area contributed by atoms with Crippen LogP contribution in [0.1, 0.15) is 43.6 Å². The van der Waals surface area contributed by atoms with E-state index in [0.29, 0.717) is 5.56 Å². The molecule has 1 aliphatic heterocycles. The van der Waals surface area contributed by atoms with Crippen LogP contribution in [0.15, 0.2) is 12.1 Å². The molecule has 1 aliphatic rings. The molecule has 2 N–H and O–H groups in total. The number of esters is 1. The number of carbonyl (C=O) groups is 1. The topological polar surface area (TPSA) is 70.8 Å². The fraction of sp³-hybridized carbons (Fsp3) is 0.533. The quantitative estimate of drug-likeness (QED) is 0.674. The van der Waals surface area contributed by atoms with Gasteiger partial charge in [0.1, 0.15) is 5.82 Å². The average molecular weight is 309 g/mol. The highest BCUT2D eigenvalue weighted by molar-refractivity contribution is 6.62. The molecular formula is C15H21BFNO4. The van der Waals surface area contributed by atoms with Gasteiger partial charge in [0, 0.05) is 12.0 Å². The van der Waals surface area contributed by atoms with Crippen LogP contribution in [-0.2, 0) is 20.6 Å². The zero-order valence-corrected chi connectivity index (χ0v) is 13.5. The van der Waals surface area contributed by atoms with Crippen molar-refractivity contribution in [3.8, 4) is 0 Å². The molecule has 0 aromatic heterocycles. The smallest absolute Gasteiger partial charge is 0.465 e. The Morgan fingerprint density at radius 1 is 1.27 bits per heavy atom. The lowest BCUT2D eigenvalue weighted by Gasteiger charge is -2.32. The lowest BCUT2D eigenvalue weighted by atomic mass is 9.74. The van der Waals surface area contributed by atoms with Gasteiger partial charge in [0.05, 0.1) is 23.9 Å². The number of benzene rings is 1. The highest BCUT2D eigenvalue weighted by atomic mass is 19.1. The van der Waals surface area contributed by atoms with Crippen molar-refractivity contribution >= 4 is 18.6 Å². The Bertz CT molecular complexity index is 587. The summed E-state index contributed by atoms with van der Waals surface area (Å²) >= 11 is 0. The summed E-state index contributed by atoms with van der Waals surface area (Å²) in [5, 5.41) is 0. The lowest BCUT2D eigenvalue weighted by molar-refractivity contribution is 0.00578. The molecule has 1 aromatic rings. The summed E-state index contributed by atoms with van der Waals surface area (Å²) in [6.45, 7) is 7.60. The second kappa shape index (κ2) is 5.64. The molecule has 1 aromatic carbocycles. The summed E-state index contributed by atoms with van der Waals surface area (Å²) in [6.07, 6.45) is 0. The predicted molar refractivity (Wildman–Crippen MR) is 81.3 cm³/mol. The van der Waals surface area contributed by atoms with Gasteiger partial charge >= 0.3 is 13.1 Å². The van der Waals surface area contributed by atoms with Gasteiger partial charge in [-0.15, -0.1) is 0 Å². The maximum atomic E-state index is 14.8. The summed E-state index contributed by atoms with van der Waals surface area (Å²) < 4.78 is 31.1. The van der Waals surface area contributed by atoms with Gasteiger partial charge in [-0.3, -0.25) is 0 Å².